The predicted molar refractivity (Wildman–Crippen MR) is 116 cm³/mol. The number of benzene rings is 2. The van der Waals surface area contributed by atoms with Gasteiger partial charge in [-0.05, 0) is 41.6 Å². The third-order valence-electron chi connectivity index (χ3n) is 5.37. The molecule has 0 fully saturated rings. The van der Waals surface area contributed by atoms with Gasteiger partial charge >= 0.3 is 6.18 Å². The number of fused-ring (bicyclic) bond motifs is 1. The highest BCUT2D eigenvalue weighted by molar-refractivity contribution is 6.04. The Balaban J connectivity index is 2.16. The van der Waals surface area contributed by atoms with Gasteiger partial charge in [0.05, 0.1) is 17.5 Å². The first-order chi connectivity index (χ1) is 16.1. The van der Waals surface area contributed by atoms with Crippen molar-refractivity contribution in [2.75, 3.05) is 25.5 Å². The first-order valence-corrected chi connectivity index (χ1v) is 10.1. The molecule has 2 amide bonds. The first kappa shape index (κ1) is 24.7. The molecule has 0 unspecified atom stereocenters. The Morgan fingerprint density at radius 2 is 1.97 bits per heavy atom. The van der Waals surface area contributed by atoms with Crippen LogP contribution >= 0.6 is 0 Å². The number of amides is 2. The number of nitrogens with one attached hydrogen (secondary N) is 2. The quantitative estimate of drug-likeness (QED) is 0.557. The smallest absolute Gasteiger partial charge is 0.394 e. The summed E-state index contributed by atoms with van der Waals surface area (Å²) in [5, 5.41) is 14.3. The van der Waals surface area contributed by atoms with Crippen molar-refractivity contribution < 1.29 is 27.2 Å². The summed E-state index contributed by atoms with van der Waals surface area (Å²) in [5.41, 5.74) is 5.96. The molecule has 0 spiro atoms. The molecule has 1 aliphatic heterocycles. The number of nitriles is 1. The maximum absolute atomic E-state index is 13.7. The molecule has 2 aromatic carbocycles. The van der Waals surface area contributed by atoms with Gasteiger partial charge in [-0.3, -0.25) is 9.59 Å². The topological polar surface area (TPSA) is 111 Å². The monoisotopic (exact) mass is 475 g/mol. The zero-order valence-electron chi connectivity index (χ0n) is 18.0. The summed E-state index contributed by atoms with van der Waals surface area (Å²) >= 11 is 0. The van der Waals surface area contributed by atoms with Gasteiger partial charge < -0.3 is 21.3 Å². The molecule has 0 aromatic heterocycles. The van der Waals surface area contributed by atoms with Crippen LogP contribution in [-0.4, -0.2) is 49.1 Å². The van der Waals surface area contributed by atoms with Crippen LogP contribution in [0.15, 0.2) is 54.2 Å². The molecule has 1 aliphatic rings. The van der Waals surface area contributed by atoms with Crippen LogP contribution in [0, 0.1) is 17.1 Å². The fourth-order valence-electron chi connectivity index (χ4n) is 4.02. The largest absolute Gasteiger partial charge is 0.406 e. The summed E-state index contributed by atoms with van der Waals surface area (Å²) in [4.78, 5) is 27.2. The lowest BCUT2D eigenvalue weighted by atomic mass is 9.79. The molecule has 0 saturated carbocycles. The van der Waals surface area contributed by atoms with Gasteiger partial charge in [0, 0.05) is 24.8 Å². The van der Waals surface area contributed by atoms with E-state index in [1.165, 1.54) is 37.5 Å². The Labute approximate surface area is 192 Å². The number of anilines is 1. The molecule has 0 bridgehead atoms. The third-order valence-corrected chi connectivity index (χ3v) is 5.37. The Kier molecular flexibility index (Phi) is 7.22. The van der Waals surface area contributed by atoms with E-state index >= 15 is 0 Å². The van der Waals surface area contributed by atoms with E-state index in [9.17, 15) is 27.2 Å². The maximum Gasteiger partial charge on any atom is 0.406 e. The van der Waals surface area contributed by atoms with Crippen molar-refractivity contribution >= 4 is 17.5 Å². The van der Waals surface area contributed by atoms with Gasteiger partial charge in [0.25, 0.3) is 5.91 Å². The number of hydrogen-bond donors (Lipinski definition) is 3. The lowest BCUT2D eigenvalue weighted by Crippen LogP contribution is -2.55. The minimum atomic E-state index is -4.74. The van der Waals surface area contributed by atoms with Gasteiger partial charge in [0.15, 0.2) is 0 Å². The minimum Gasteiger partial charge on any atom is -0.394 e. The number of alkyl halides is 3. The highest BCUT2D eigenvalue weighted by atomic mass is 19.4. The van der Waals surface area contributed by atoms with Crippen LogP contribution in [0.3, 0.4) is 0 Å². The highest BCUT2D eigenvalue weighted by Crippen LogP contribution is 2.39. The summed E-state index contributed by atoms with van der Waals surface area (Å²) in [6.45, 7) is -1.82. The summed E-state index contributed by atoms with van der Waals surface area (Å²) in [6.07, 6.45) is -3.37. The van der Waals surface area contributed by atoms with Gasteiger partial charge in [-0.15, -0.1) is 0 Å². The van der Waals surface area contributed by atoms with Gasteiger partial charge in [0.1, 0.15) is 18.4 Å². The molecule has 11 heteroatoms. The zero-order valence-corrected chi connectivity index (χ0v) is 18.0. The standard InChI is InChI=1S/C23H21F4N5O2/c1-30-11-14(10-29)20-19(21(33)31-15-6-7-18(24)13(8-15)9-28)16-4-2-3-5-17(16)22(34)32(20)12-23(25,26)27/h2-8,11,19-20,30H,10,12,29H2,1H3,(H,31,33)/b14-11+/t19-,20+/m0/s1. The summed E-state index contributed by atoms with van der Waals surface area (Å²) in [6, 6.07) is 9.55. The van der Waals surface area contributed by atoms with Crippen molar-refractivity contribution in [3.05, 3.63) is 76.7 Å². The van der Waals surface area contributed by atoms with Crippen LogP contribution in [-0.2, 0) is 4.79 Å². The Bertz CT molecular complexity index is 1170. The first-order valence-electron chi connectivity index (χ1n) is 10.1. The van der Waals surface area contributed by atoms with Crippen molar-refractivity contribution in [1.29, 1.82) is 5.26 Å². The number of halogens is 4. The van der Waals surface area contributed by atoms with Gasteiger partial charge in [-0.25, -0.2) is 4.39 Å². The molecule has 3 rings (SSSR count). The van der Waals surface area contributed by atoms with Crippen LogP contribution in [0.25, 0.3) is 0 Å². The van der Waals surface area contributed by atoms with Crippen LogP contribution in [0.5, 0.6) is 0 Å². The van der Waals surface area contributed by atoms with E-state index in [1.54, 1.807) is 12.1 Å². The van der Waals surface area contributed by atoms with Gasteiger partial charge in [-0.1, -0.05) is 18.2 Å². The number of carbonyl (C=O) groups excluding carboxylic acids is 2. The van der Waals surface area contributed by atoms with Crippen LogP contribution < -0.4 is 16.4 Å². The molecule has 34 heavy (non-hydrogen) atoms. The van der Waals surface area contributed by atoms with Crippen LogP contribution in [0.2, 0.25) is 0 Å². The lowest BCUT2D eigenvalue weighted by molar-refractivity contribution is -0.146. The number of nitrogens with two attached hydrogens (primary N) is 1. The Morgan fingerprint density at radius 3 is 2.59 bits per heavy atom. The Morgan fingerprint density at radius 1 is 1.26 bits per heavy atom. The summed E-state index contributed by atoms with van der Waals surface area (Å²) < 4.78 is 54.2. The molecule has 7 nitrogen and oxygen atoms in total. The molecule has 178 valence electrons. The molecular weight excluding hydrogens is 454 g/mol. The maximum atomic E-state index is 13.7. The number of hydrogen-bond acceptors (Lipinski definition) is 5. The number of nitrogens with zero attached hydrogens (tertiary/aromatic N) is 2. The Hall–Kier alpha value is -3.91. The van der Waals surface area contributed by atoms with Crippen molar-refractivity contribution in [3.8, 4) is 6.07 Å². The van der Waals surface area contributed by atoms with E-state index < -0.39 is 42.3 Å². The average Bonchev–Trinajstić information content (AvgIpc) is 2.79. The van der Waals surface area contributed by atoms with Crippen molar-refractivity contribution in [2.45, 2.75) is 18.1 Å². The molecule has 2 atom stereocenters. The van der Waals surface area contributed by atoms with Gasteiger partial charge in [-0.2, -0.15) is 18.4 Å². The predicted octanol–water partition coefficient (Wildman–Crippen LogP) is 2.87. The summed E-state index contributed by atoms with van der Waals surface area (Å²) in [5.74, 6) is -3.69. The van der Waals surface area contributed by atoms with Crippen molar-refractivity contribution in [1.82, 2.24) is 10.2 Å². The summed E-state index contributed by atoms with van der Waals surface area (Å²) in [7, 11) is 1.51. The molecule has 1 heterocycles. The van der Waals surface area contributed by atoms with Crippen LogP contribution in [0.1, 0.15) is 27.4 Å². The average molecular weight is 475 g/mol. The fraction of sp³-hybridized carbons (Fsp3) is 0.261. The number of carbonyl (C=O) groups is 2. The second-order valence-electron chi connectivity index (χ2n) is 7.57. The molecule has 0 aliphatic carbocycles. The van der Waals surface area contributed by atoms with E-state index in [0.29, 0.717) is 4.90 Å². The normalized spacial score (nSPS) is 18.2. The second-order valence-corrected chi connectivity index (χ2v) is 7.57. The highest BCUT2D eigenvalue weighted by Gasteiger charge is 2.48. The third kappa shape index (κ3) is 5.02. The van der Waals surface area contributed by atoms with E-state index in [0.717, 1.165) is 12.1 Å². The molecule has 2 aromatic rings. The zero-order chi connectivity index (χ0) is 25.0. The van der Waals surface area contributed by atoms with Crippen molar-refractivity contribution in [2.24, 2.45) is 5.73 Å². The van der Waals surface area contributed by atoms with E-state index in [2.05, 4.69) is 10.6 Å². The second kappa shape index (κ2) is 9.93. The van der Waals surface area contributed by atoms with E-state index in [4.69, 9.17) is 11.0 Å². The SMILES string of the molecule is CN/C=C(\CN)[C@@H]1[C@@H](C(=O)Nc2ccc(F)c(C#N)c2)c2ccccc2C(=O)N1CC(F)(F)F. The molecule has 0 radical (unpaired) electrons. The fourth-order valence-corrected chi connectivity index (χ4v) is 4.02. The molecular formula is C23H21F4N5O2. The van der Waals surface area contributed by atoms with Gasteiger partial charge in [0.2, 0.25) is 5.91 Å². The van der Waals surface area contributed by atoms with Crippen molar-refractivity contribution in [3.63, 3.8) is 0 Å². The van der Waals surface area contributed by atoms with E-state index in [1.807, 2.05) is 0 Å². The van der Waals surface area contributed by atoms with E-state index in [-0.39, 0.29) is 34.5 Å². The number of rotatable bonds is 6. The molecule has 4 N–H and O–H groups in total. The molecule has 0 saturated heterocycles. The minimum absolute atomic E-state index is 0.0409. The lowest BCUT2D eigenvalue weighted by Gasteiger charge is -2.42. The van der Waals surface area contributed by atoms with Crippen LogP contribution in [0.4, 0.5) is 23.2 Å².